The number of unbranched alkanes of at least 4 members (excludes halogenated alkanes) is 5. The number of halogens is 1. The molecule has 0 radical (unpaired) electrons. The minimum atomic E-state index is -1.12. The van der Waals surface area contributed by atoms with Crippen LogP contribution in [-0.4, -0.2) is 73.6 Å². The van der Waals surface area contributed by atoms with Crippen LogP contribution in [-0.2, 0) is 27.5 Å². The van der Waals surface area contributed by atoms with Crippen molar-refractivity contribution in [2.45, 2.75) is 58.6 Å². The lowest BCUT2D eigenvalue weighted by atomic mass is 10.1. The molecule has 3 rings (SSSR count). The number of piperazine rings is 1. The number of carbonyl (C=O) groups excluding carboxylic acids is 3. The summed E-state index contributed by atoms with van der Waals surface area (Å²) in [5.41, 5.74) is 2.54. The van der Waals surface area contributed by atoms with Crippen LogP contribution in [0.25, 0.3) is 0 Å². The molecule has 0 atom stereocenters. The number of hydrogen-bond donors (Lipinski definition) is 1. The summed E-state index contributed by atoms with van der Waals surface area (Å²) in [6.07, 6.45) is 6.90. The van der Waals surface area contributed by atoms with Crippen molar-refractivity contribution in [3.8, 4) is 5.75 Å². The van der Waals surface area contributed by atoms with Crippen molar-refractivity contribution in [1.82, 2.24) is 15.1 Å². The molecule has 1 aliphatic rings. The number of esters is 1. The van der Waals surface area contributed by atoms with Gasteiger partial charge in [-0.25, -0.2) is 9.18 Å². The molecule has 0 bridgehead atoms. The summed E-state index contributed by atoms with van der Waals surface area (Å²) in [5, 5.41) is 2.28. The number of benzene rings is 2. The van der Waals surface area contributed by atoms with Crippen LogP contribution in [0, 0.1) is 0 Å². The predicted molar refractivity (Wildman–Crippen MR) is 152 cm³/mol. The molecule has 1 aliphatic heterocycles. The zero-order valence-corrected chi connectivity index (χ0v) is 23.5. The van der Waals surface area contributed by atoms with Gasteiger partial charge in [-0.3, -0.25) is 14.5 Å². The van der Waals surface area contributed by atoms with Crippen LogP contribution >= 0.6 is 0 Å². The summed E-state index contributed by atoms with van der Waals surface area (Å²) in [6.45, 7) is 4.86. The highest BCUT2D eigenvalue weighted by molar-refractivity contribution is 5.89. The molecule has 0 unspecified atom stereocenters. The molecule has 9 heteroatoms. The summed E-state index contributed by atoms with van der Waals surface area (Å²) in [7, 11) is 0. The van der Waals surface area contributed by atoms with E-state index in [1.807, 2.05) is 36.4 Å². The van der Waals surface area contributed by atoms with Crippen LogP contribution in [0.1, 0.15) is 66.9 Å². The summed E-state index contributed by atoms with van der Waals surface area (Å²) in [4.78, 5) is 39.5. The van der Waals surface area contributed by atoms with Gasteiger partial charge in [0.1, 0.15) is 12.4 Å². The molecule has 1 heterocycles. The van der Waals surface area contributed by atoms with E-state index in [1.165, 1.54) is 25.7 Å². The Morgan fingerprint density at radius 1 is 0.900 bits per heavy atom. The van der Waals surface area contributed by atoms with E-state index < -0.39 is 12.6 Å². The number of carbonyl (C=O) groups is 3. The summed E-state index contributed by atoms with van der Waals surface area (Å²) < 4.78 is 23.8. The molecule has 2 amide bonds. The average molecular weight is 556 g/mol. The topological polar surface area (TPSA) is 88.2 Å². The minimum absolute atomic E-state index is 0.180. The molecule has 1 N–H and O–H groups in total. The number of amides is 2. The maximum absolute atomic E-state index is 12.3. The number of para-hydroxylation sites is 1. The summed E-state index contributed by atoms with van der Waals surface area (Å²) >= 11 is 0. The number of hydrogen-bond acceptors (Lipinski definition) is 6. The lowest BCUT2D eigenvalue weighted by molar-refractivity contribution is -0.134. The quantitative estimate of drug-likeness (QED) is 0.242. The van der Waals surface area contributed by atoms with Crippen LogP contribution in [0.5, 0.6) is 5.75 Å². The molecule has 2 aromatic rings. The number of nitrogens with zero attached hydrogens (tertiary/aromatic N) is 2. The first kappa shape index (κ1) is 31.1. The molecule has 8 nitrogen and oxygen atoms in total. The van der Waals surface area contributed by atoms with E-state index in [4.69, 9.17) is 9.47 Å². The first-order valence-electron chi connectivity index (χ1n) is 14.3. The molecule has 1 saturated heterocycles. The molecule has 0 aliphatic carbocycles. The molecule has 1 fully saturated rings. The Morgan fingerprint density at radius 3 is 2.33 bits per heavy atom. The Hall–Kier alpha value is -3.46. The van der Waals surface area contributed by atoms with E-state index in [1.54, 1.807) is 17.0 Å². The number of alkyl halides is 1. The molecule has 2 aromatic carbocycles. The van der Waals surface area contributed by atoms with Crippen molar-refractivity contribution < 1.29 is 28.2 Å². The fraction of sp³-hybridized carbons (Fsp3) is 0.516. The molecule has 40 heavy (non-hydrogen) atoms. The molecule has 0 spiro atoms. The Morgan fingerprint density at radius 2 is 1.60 bits per heavy atom. The molecule has 0 aromatic heterocycles. The third-order valence-electron chi connectivity index (χ3n) is 6.96. The number of nitrogens with one attached hydrogen (secondary N) is 1. The Balaban J connectivity index is 1.41. The van der Waals surface area contributed by atoms with Gasteiger partial charge in [0.2, 0.25) is 5.91 Å². The van der Waals surface area contributed by atoms with Crippen molar-refractivity contribution in [2.24, 2.45) is 0 Å². The van der Waals surface area contributed by atoms with Crippen molar-refractivity contribution >= 4 is 17.8 Å². The first-order chi connectivity index (χ1) is 19.5. The molecule has 0 saturated carbocycles. The molecular weight excluding hydrogens is 513 g/mol. The van der Waals surface area contributed by atoms with Crippen molar-refractivity contribution in [2.75, 3.05) is 46.0 Å². The van der Waals surface area contributed by atoms with Crippen molar-refractivity contribution in [1.29, 1.82) is 0 Å². The van der Waals surface area contributed by atoms with E-state index in [9.17, 15) is 18.8 Å². The van der Waals surface area contributed by atoms with E-state index >= 15 is 0 Å². The zero-order chi connectivity index (χ0) is 28.6. The fourth-order valence-corrected chi connectivity index (χ4v) is 4.53. The van der Waals surface area contributed by atoms with E-state index in [2.05, 4.69) is 17.1 Å². The second-order valence-electron chi connectivity index (χ2n) is 10.1. The largest absolute Gasteiger partial charge is 0.489 e. The van der Waals surface area contributed by atoms with Crippen LogP contribution < -0.4 is 10.1 Å². The maximum Gasteiger partial charge on any atom is 0.338 e. The number of rotatable bonds is 16. The highest BCUT2D eigenvalue weighted by atomic mass is 19.1. The van der Waals surface area contributed by atoms with Gasteiger partial charge in [0.05, 0.1) is 18.7 Å². The Kier molecular flexibility index (Phi) is 13.4. The summed E-state index contributed by atoms with van der Waals surface area (Å²) in [6, 6.07) is 15.2. The van der Waals surface area contributed by atoms with Crippen LogP contribution in [0.2, 0.25) is 0 Å². The second kappa shape index (κ2) is 17.3. The Bertz CT molecular complexity index is 1070. The lowest BCUT2D eigenvalue weighted by Crippen LogP contribution is -2.51. The third-order valence-corrected chi connectivity index (χ3v) is 6.96. The Labute approximate surface area is 236 Å². The highest BCUT2D eigenvalue weighted by Crippen LogP contribution is 2.22. The van der Waals surface area contributed by atoms with Gasteiger partial charge in [-0.1, -0.05) is 69.4 Å². The van der Waals surface area contributed by atoms with Gasteiger partial charge in [0, 0.05) is 38.3 Å². The normalized spacial score (nSPS) is 13.6. The van der Waals surface area contributed by atoms with Crippen LogP contribution in [0.4, 0.5) is 4.39 Å². The predicted octanol–water partition coefficient (Wildman–Crippen LogP) is 4.51. The van der Waals surface area contributed by atoms with E-state index in [0.717, 1.165) is 29.7 Å². The van der Waals surface area contributed by atoms with Gasteiger partial charge in [0.25, 0.3) is 5.91 Å². The third kappa shape index (κ3) is 10.6. The van der Waals surface area contributed by atoms with Gasteiger partial charge >= 0.3 is 5.97 Å². The lowest BCUT2D eigenvalue weighted by Gasteiger charge is -2.35. The smallest absolute Gasteiger partial charge is 0.338 e. The zero-order valence-electron chi connectivity index (χ0n) is 23.5. The van der Waals surface area contributed by atoms with Gasteiger partial charge in [0.15, 0.2) is 6.67 Å². The van der Waals surface area contributed by atoms with Gasteiger partial charge in [-0.05, 0) is 30.2 Å². The monoisotopic (exact) mass is 555 g/mol. The van der Waals surface area contributed by atoms with Crippen molar-refractivity contribution in [3.63, 3.8) is 0 Å². The van der Waals surface area contributed by atoms with Gasteiger partial charge in [-0.2, -0.15) is 0 Å². The highest BCUT2D eigenvalue weighted by Gasteiger charge is 2.22. The average Bonchev–Trinajstić information content (AvgIpc) is 2.99. The minimum Gasteiger partial charge on any atom is -0.489 e. The van der Waals surface area contributed by atoms with E-state index in [0.29, 0.717) is 51.5 Å². The van der Waals surface area contributed by atoms with Crippen LogP contribution in [0.15, 0.2) is 48.5 Å². The summed E-state index contributed by atoms with van der Waals surface area (Å²) in [5.74, 6) is -0.488. The van der Waals surface area contributed by atoms with Crippen LogP contribution in [0.3, 0.4) is 0 Å². The first-order valence-corrected chi connectivity index (χ1v) is 14.3. The number of ether oxygens (including phenoxy) is 2. The molecular formula is C31H42FN3O5. The second-order valence-corrected chi connectivity index (χ2v) is 10.1. The van der Waals surface area contributed by atoms with Gasteiger partial charge in [-0.15, -0.1) is 0 Å². The van der Waals surface area contributed by atoms with E-state index in [-0.39, 0.29) is 18.4 Å². The van der Waals surface area contributed by atoms with Crippen molar-refractivity contribution in [3.05, 3.63) is 65.2 Å². The van der Waals surface area contributed by atoms with Gasteiger partial charge < -0.3 is 19.7 Å². The maximum atomic E-state index is 12.3. The SMILES string of the molecule is CCCCCCCCOC(=O)c1ccc(COc2ccccc2CN2CCN(C(=O)CNC(=O)CF)CC2)cc1. The standard InChI is InChI=1S/C31H42FN3O5/c1-2-3-4-5-6-9-20-39-31(38)26-14-12-25(13-15-26)24-40-28-11-8-7-10-27(28)23-34-16-18-35(19-17-34)30(37)22-33-29(36)21-32/h7-8,10-15H,2-6,9,16-24H2,1H3,(H,33,36). The fourth-order valence-electron chi connectivity index (χ4n) is 4.53. The molecule has 218 valence electrons.